The monoisotopic (exact) mass is 298 g/mol. The molecule has 2 rings (SSSR count). The van der Waals surface area contributed by atoms with E-state index >= 15 is 0 Å². The molecule has 2 fully saturated rings. The molecule has 6 heteroatoms. The molecule has 0 aromatic carbocycles. The van der Waals surface area contributed by atoms with E-state index in [4.69, 9.17) is 4.74 Å². The number of hydrogen-bond donors (Lipinski definition) is 2. The molecule has 1 amide bonds. The maximum absolute atomic E-state index is 12.2. The average Bonchev–Trinajstić information content (AvgIpc) is 2.86. The van der Waals surface area contributed by atoms with Crippen LogP contribution in [0.3, 0.4) is 0 Å². The quantitative estimate of drug-likeness (QED) is 0.711. The number of fused-ring (bicyclic) bond motifs is 1. The summed E-state index contributed by atoms with van der Waals surface area (Å²) in [5.41, 5.74) is 0. The lowest BCUT2D eigenvalue weighted by molar-refractivity contribution is -0.144. The van der Waals surface area contributed by atoms with Crippen molar-refractivity contribution in [3.05, 3.63) is 0 Å². The van der Waals surface area contributed by atoms with Gasteiger partial charge in [0.2, 0.25) is 5.91 Å². The Labute approximate surface area is 125 Å². The van der Waals surface area contributed by atoms with Crippen molar-refractivity contribution < 1.29 is 19.4 Å². The molecule has 0 aromatic rings. The summed E-state index contributed by atoms with van der Waals surface area (Å²) in [5.74, 6) is -0.487. The standard InChI is InChI=1S/C15H26N2O4/c1-10(14(18)16-7-8-21-2)17-12-6-4-3-5-11(12)9-13(17)15(19)20/h10-13H,3-9H2,1-2H3,(H,16,18)(H,19,20). The number of rotatable bonds is 6. The molecule has 21 heavy (non-hydrogen) atoms. The highest BCUT2D eigenvalue weighted by molar-refractivity contribution is 5.83. The number of amides is 1. The number of aliphatic carboxylic acids is 1. The van der Waals surface area contributed by atoms with Crippen molar-refractivity contribution in [3.63, 3.8) is 0 Å². The summed E-state index contributed by atoms with van der Waals surface area (Å²) >= 11 is 0. The molecule has 0 radical (unpaired) electrons. The van der Waals surface area contributed by atoms with Gasteiger partial charge in [0, 0.05) is 19.7 Å². The van der Waals surface area contributed by atoms with Gasteiger partial charge in [-0.3, -0.25) is 14.5 Å². The number of carboxylic acids is 1. The molecule has 1 aliphatic heterocycles. The highest BCUT2D eigenvalue weighted by atomic mass is 16.5. The van der Waals surface area contributed by atoms with Crippen LogP contribution < -0.4 is 5.32 Å². The van der Waals surface area contributed by atoms with E-state index in [1.165, 1.54) is 6.42 Å². The Hall–Kier alpha value is -1.14. The van der Waals surface area contributed by atoms with E-state index in [-0.39, 0.29) is 11.9 Å². The fourth-order valence-corrected chi connectivity index (χ4v) is 3.84. The molecule has 120 valence electrons. The summed E-state index contributed by atoms with van der Waals surface area (Å²) in [6.45, 7) is 2.74. The fourth-order valence-electron chi connectivity index (χ4n) is 3.84. The molecular formula is C15H26N2O4. The van der Waals surface area contributed by atoms with E-state index in [1.807, 2.05) is 11.8 Å². The van der Waals surface area contributed by atoms with E-state index in [2.05, 4.69) is 5.32 Å². The molecular weight excluding hydrogens is 272 g/mol. The highest BCUT2D eigenvalue weighted by Crippen LogP contribution is 2.40. The number of likely N-dealkylation sites (tertiary alicyclic amines) is 1. The zero-order valence-electron chi connectivity index (χ0n) is 12.9. The molecule has 4 unspecified atom stereocenters. The van der Waals surface area contributed by atoms with Crippen molar-refractivity contribution in [1.82, 2.24) is 10.2 Å². The first-order valence-corrected chi connectivity index (χ1v) is 7.83. The van der Waals surface area contributed by atoms with Gasteiger partial charge < -0.3 is 15.2 Å². The van der Waals surface area contributed by atoms with Gasteiger partial charge >= 0.3 is 5.97 Å². The second-order valence-corrected chi connectivity index (χ2v) is 6.11. The molecule has 0 bridgehead atoms. The van der Waals surface area contributed by atoms with E-state index in [9.17, 15) is 14.7 Å². The summed E-state index contributed by atoms with van der Waals surface area (Å²) in [4.78, 5) is 25.7. The molecule has 2 aliphatic rings. The molecule has 4 atom stereocenters. The van der Waals surface area contributed by atoms with E-state index in [0.29, 0.717) is 25.5 Å². The summed E-state index contributed by atoms with van der Waals surface area (Å²) in [7, 11) is 1.59. The first kappa shape index (κ1) is 16.2. The molecule has 1 aliphatic carbocycles. The SMILES string of the molecule is COCCNC(=O)C(C)N1C(C(=O)O)CC2CCCCC21. The topological polar surface area (TPSA) is 78.9 Å². The average molecular weight is 298 g/mol. The van der Waals surface area contributed by atoms with Crippen LogP contribution in [0.1, 0.15) is 39.0 Å². The Bertz CT molecular complexity index is 388. The molecule has 1 saturated heterocycles. The summed E-state index contributed by atoms with van der Waals surface area (Å²) in [6, 6.07) is -0.694. The maximum atomic E-state index is 12.2. The fraction of sp³-hybridized carbons (Fsp3) is 0.867. The van der Waals surface area contributed by atoms with Crippen LogP contribution in [-0.4, -0.2) is 60.3 Å². The third-order valence-corrected chi connectivity index (χ3v) is 4.85. The van der Waals surface area contributed by atoms with E-state index in [0.717, 1.165) is 19.3 Å². The molecule has 6 nitrogen and oxygen atoms in total. The maximum Gasteiger partial charge on any atom is 0.320 e. The number of nitrogens with one attached hydrogen (secondary N) is 1. The number of nitrogens with zero attached hydrogens (tertiary/aromatic N) is 1. The van der Waals surface area contributed by atoms with Gasteiger partial charge in [0.25, 0.3) is 0 Å². The number of carboxylic acid groups (broad SMARTS) is 1. The first-order chi connectivity index (χ1) is 10.1. The van der Waals surface area contributed by atoms with Crippen LogP contribution in [0, 0.1) is 5.92 Å². The van der Waals surface area contributed by atoms with Gasteiger partial charge in [-0.2, -0.15) is 0 Å². The first-order valence-electron chi connectivity index (χ1n) is 7.83. The second-order valence-electron chi connectivity index (χ2n) is 6.11. The largest absolute Gasteiger partial charge is 0.480 e. The van der Waals surface area contributed by atoms with Gasteiger partial charge in [0.05, 0.1) is 12.6 Å². The van der Waals surface area contributed by atoms with Crippen LogP contribution in [-0.2, 0) is 14.3 Å². The van der Waals surface area contributed by atoms with Crippen LogP contribution in [0.4, 0.5) is 0 Å². The summed E-state index contributed by atoms with van der Waals surface area (Å²) in [5, 5.41) is 12.3. The van der Waals surface area contributed by atoms with Crippen molar-refractivity contribution >= 4 is 11.9 Å². The van der Waals surface area contributed by atoms with Crippen LogP contribution >= 0.6 is 0 Å². The normalized spacial score (nSPS) is 30.7. The second kappa shape index (κ2) is 7.22. The van der Waals surface area contributed by atoms with Gasteiger partial charge in [-0.25, -0.2) is 0 Å². The number of ether oxygens (including phenoxy) is 1. The minimum atomic E-state index is -0.805. The lowest BCUT2D eigenvalue weighted by Crippen LogP contribution is -2.53. The number of carbonyl (C=O) groups is 2. The van der Waals surface area contributed by atoms with Crippen LogP contribution in [0.25, 0.3) is 0 Å². The van der Waals surface area contributed by atoms with Crippen molar-refractivity contribution in [1.29, 1.82) is 0 Å². The van der Waals surface area contributed by atoms with Crippen molar-refractivity contribution in [3.8, 4) is 0 Å². The van der Waals surface area contributed by atoms with Crippen LogP contribution in [0.15, 0.2) is 0 Å². The molecule has 1 saturated carbocycles. The van der Waals surface area contributed by atoms with Crippen LogP contribution in [0.2, 0.25) is 0 Å². The van der Waals surface area contributed by atoms with Gasteiger partial charge in [0.15, 0.2) is 0 Å². The third-order valence-electron chi connectivity index (χ3n) is 4.85. The van der Waals surface area contributed by atoms with Gasteiger partial charge in [-0.05, 0) is 32.1 Å². The Morgan fingerprint density at radius 3 is 2.76 bits per heavy atom. The minimum Gasteiger partial charge on any atom is -0.480 e. The minimum absolute atomic E-state index is 0.107. The molecule has 1 heterocycles. The van der Waals surface area contributed by atoms with Gasteiger partial charge in [-0.1, -0.05) is 12.8 Å². The molecule has 0 spiro atoms. The van der Waals surface area contributed by atoms with Crippen molar-refractivity contribution in [2.75, 3.05) is 20.3 Å². The number of hydrogen-bond acceptors (Lipinski definition) is 4. The van der Waals surface area contributed by atoms with Crippen LogP contribution in [0.5, 0.6) is 0 Å². The third kappa shape index (κ3) is 3.55. The molecule has 0 aromatic heterocycles. The van der Waals surface area contributed by atoms with Crippen molar-refractivity contribution in [2.45, 2.75) is 57.2 Å². The summed E-state index contributed by atoms with van der Waals surface area (Å²) < 4.78 is 4.92. The number of carbonyl (C=O) groups excluding carboxylic acids is 1. The van der Waals surface area contributed by atoms with E-state index in [1.54, 1.807) is 7.11 Å². The number of methoxy groups -OCH3 is 1. The highest BCUT2D eigenvalue weighted by Gasteiger charge is 2.48. The lowest BCUT2D eigenvalue weighted by atomic mass is 9.84. The zero-order chi connectivity index (χ0) is 15.4. The zero-order valence-corrected chi connectivity index (χ0v) is 12.9. The Morgan fingerprint density at radius 1 is 1.38 bits per heavy atom. The summed E-state index contributed by atoms with van der Waals surface area (Å²) in [6.07, 6.45) is 5.07. The van der Waals surface area contributed by atoms with E-state index < -0.39 is 18.1 Å². The van der Waals surface area contributed by atoms with Crippen molar-refractivity contribution in [2.24, 2.45) is 5.92 Å². The smallest absolute Gasteiger partial charge is 0.320 e. The van der Waals surface area contributed by atoms with Gasteiger partial charge in [0.1, 0.15) is 6.04 Å². The Kier molecular flexibility index (Phi) is 5.58. The molecule has 2 N–H and O–H groups in total. The predicted molar refractivity (Wildman–Crippen MR) is 78.0 cm³/mol. The lowest BCUT2D eigenvalue weighted by Gasteiger charge is -2.36. The Morgan fingerprint density at radius 2 is 2.10 bits per heavy atom. The van der Waals surface area contributed by atoms with Gasteiger partial charge in [-0.15, -0.1) is 0 Å². The predicted octanol–water partition coefficient (Wildman–Crippen LogP) is 0.855. The Balaban J connectivity index is 2.05.